The highest BCUT2D eigenvalue weighted by atomic mass is 32.1. The Morgan fingerprint density at radius 1 is 0.774 bits per heavy atom. The predicted molar refractivity (Wildman–Crippen MR) is 136 cm³/mol. The van der Waals surface area contributed by atoms with Gasteiger partial charge in [0, 0.05) is 11.1 Å². The van der Waals surface area contributed by atoms with Gasteiger partial charge in [0.25, 0.3) is 0 Å². The minimum Gasteiger partial charge on any atom is -0.195 e. The van der Waals surface area contributed by atoms with E-state index in [0.29, 0.717) is 0 Å². The average molecular weight is 424 g/mol. The van der Waals surface area contributed by atoms with Gasteiger partial charge in [-0.1, -0.05) is 80.8 Å². The Morgan fingerprint density at radius 3 is 2.10 bits per heavy atom. The number of nitrogens with zero attached hydrogens (tertiary/aromatic N) is 1. The molecule has 31 heavy (non-hydrogen) atoms. The monoisotopic (exact) mass is 423 g/mol. The Kier molecular flexibility index (Phi) is 8.80. The zero-order valence-electron chi connectivity index (χ0n) is 18.4. The SMILES string of the molecule is CCCCCCCc1ccc(-c2ccc(C#Cc3ccc(N=C=S)cc3C)cc2)cc1. The zero-order chi connectivity index (χ0) is 21.9. The van der Waals surface area contributed by atoms with Gasteiger partial charge in [0.15, 0.2) is 0 Å². The molecule has 0 amide bonds. The van der Waals surface area contributed by atoms with Crippen molar-refractivity contribution in [1.82, 2.24) is 0 Å². The molecule has 0 unspecified atom stereocenters. The van der Waals surface area contributed by atoms with Gasteiger partial charge in [-0.05, 0) is 84.6 Å². The lowest BCUT2D eigenvalue weighted by Crippen LogP contribution is -1.87. The van der Waals surface area contributed by atoms with E-state index in [0.717, 1.165) is 22.4 Å². The van der Waals surface area contributed by atoms with Crippen molar-refractivity contribution in [2.24, 2.45) is 4.99 Å². The first-order valence-electron chi connectivity index (χ1n) is 11.1. The van der Waals surface area contributed by atoms with Gasteiger partial charge in [-0.2, -0.15) is 4.99 Å². The topological polar surface area (TPSA) is 12.4 Å². The van der Waals surface area contributed by atoms with Crippen LogP contribution in [0.5, 0.6) is 0 Å². The summed E-state index contributed by atoms with van der Waals surface area (Å²) in [6.07, 6.45) is 7.82. The van der Waals surface area contributed by atoms with Gasteiger partial charge in [0.1, 0.15) is 0 Å². The second kappa shape index (κ2) is 12.0. The van der Waals surface area contributed by atoms with Gasteiger partial charge in [-0.3, -0.25) is 0 Å². The predicted octanol–water partition coefficient (Wildman–Crippen LogP) is 8.31. The first-order chi connectivity index (χ1) is 15.2. The molecule has 0 aliphatic rings. The number of isothiocyanates is 1. The summed E-state index contributed by atoms with van der Waals surface area (Å²) < 4.78 is 0. The highest BCUT2D eigenvalue weighted by Gasteiger charge is 2.00. The lowest BCUT2D eigenvalue weighted by molar-refractivity contribution is 0.632. The van der Waals surface area contributed by atoms with Crippen LogP contribution in [0.1, 0.15) is 61.3 Å². The molecular weight excluding hydrogens is 394 g/mol. The molecule has 0 atom stereocenters. The van der Waals surface area contributed by atoms with Crippen molar-refractivity contribution < 1.29 is 0 Å². The minimum atomic E-state index is 0.810. The molecule has 0 aromatic heterocycles. The maximum Gasteiger partial charge on any atom is 0.0743 e. The highest BCUT2D eigenvalue weighted by Crippen LogP contribution is 2.21. The number of unbranched alkanes of at least 4 members (excludes halogenated alkanes) is 4. The summed E-state index contributed by atoms with van der Waals surface area (Å²) in [7, 11) is 0. The Labute approximate surface area is 192 Å². The summed E-state index contributed by atoms with van der Waals surface area (Å²) in [5, 5.41) is 2.40. The number of benzene rings is 3. The van der Waals surface area contributed by atoms with Gasteiger partial charge in [-0.25, -0.2) is 0 Å². The minimum absolute atomic E-state index is 0.810. The molecule has 0 heterocycles. The number of aryl methyl sites for hydroxylation is 2. The van der Waals surface area contributed by atoms with Crippen LogP contribution in [0.4, 0.5) is 5.69 Å². The standard InChI is InChI=1S/C29H29NS/c1-3-4-5-6-7-8-24-10-15-27(16-11-24)28-17-12-25(13-18-28)9-14-26-19-20-29(30-22-31)21-23(26)2/h10-13,15-21H,3-8H2,1-2H3. The van der Waals surface area contributed by atoms with Gasteiger partial charge in [-0.15, -0.1) is 0 Å². The second-order valence-electron chi connectivity index (χ2n) is 7.89. The number of aliphatic imine (C=N–C) groups is 1. The highest BCUT2D eigenvalue weighted by molar-refractivity contribution is 7.78. The lowest BCUT2D eigenvalue weighted by atomic mass is 10.00. The fourth-order valence-electron chi connectivity index (χ4n) is 3.59. The van der Waals surface area contributed by atoms with E-state index in [1.807, 2.05) is 25.1 Å². The van der Waals surface area contributed by atoms with Crippen LogP contribution >= 0.6 is 12.2 Å². The molecule has 3 aromatic rings. The summed E-state index contributed by atoms with van der Waals surface area (Å²) in [6, 6.07) is 23.3. The lowest BCUT2D eigenvalue weighted by Gasteiger charge is -2.05. The van der Waals surface area contributed by atoms with Crippen molar-refractivity contribution in [3.8, 4) is 23.0 Å². The maximum atomic E-state index is 4.66. The molecule has 156 valence electrons. The Bertz CT molecular complexity index is 1090. The fraction of sp³-hybridized carbons (Fsp3) is 0.276. The van der Waals surface area contributed by atoms with E-state index < -0.39 is 0 Å². The van der Waals surface area contributed by atoms with Crippen molar-refractivity contribution in [2.45, 2.75) is 52.4 Å². The third-order valence-corrected chi connectivity index (χ3v) is 5.56. The fourth-order valence-corrected chi connectivity index (χ4v) is 3.70. The summed E-state index contributed by atoms with van der Waals surface area (Å²) in [6.45, 7) is 4.29. The molecule has 0 fully saturated rings. The van der Waals surface area contributed by atoms with Crippen LogP contribution in [0.2, 0.25) is 0 Å². The van der Waals surface area contributed by atoms with Gasteiger partial charge in [0.05, 0.1) is 10.8 Å². The summed E-state index contributed by atoms with van der Waals surface area (Å²) in [4.78, 5) is 4.01. The molecule has 3 rings (SSSR count). The summed E-state index contributed by atoms with van der Waals surface area (Å²) in [5.41, 5.74) is 7.80. The molecule has 0 spiro atoms. The molecule has 0 aliphatic carbocycles. The van der Waals surface area contributed by atoms with Crippen LogP contribution in [-0.2, 0) is 6.42 Å². The van der Waals surface area contributed by atoms with Crippen molar-refractivity contribution >= 4 is 23.1 Å². The van der Waals surface area contributed by atoms with E-state index in [9.17, 15) is 0 Å². The van der Waals surface area contributed by atoms with E-state index in [1.54, 1.807) is 0 Å². The average Bonchev–Trinajstić information content (AvgIpc) is 2.79. The van der Waals surface area contributed by atoms with E-state index in [2.05, 4.69) is 89.7 Å². The summed E-state index contributed by atoms with van der Waals surface area (Å²) >= 11 is 4.66. The van der Waals surface area contributed by atoms with Crippen LogP contribution in [0.3, 0.4) is 0 Å². The second-order valence-corrected chi connectivity index (χ2v) is 8.07. The summed E-state index contributed by atoms with van der Waals surface area (Å²) in [5.74, 6) is 6.52. The van der Waals surface area contributed by atoms with Crippen LogP contribution in [0, 0.1) is 18.8 Å². The van der Waals surface area contributed by atoms with Crippen LogP contribution in [0.15, 0.2) is 71.7 Å². The smallest absolute Gasteiger partial charge is 0.0743 e. The van der Waals surface area contributed by atoms with Crippen molar-refractivity contribution in [2.75, 3.05) is 0 Å². The quantitative estimate of drug-likeness (QED) is 0.154. The Balaban J connectivity index is 1.62. The largest absolute Gasteiger partial charge is 0.195 e. The molecule has 0 saturated carbocycles. The van der Waals surface area contributed by atoms with Gasteiger partial charge < -0.3 is 0 Å². The molecular formula is C29H29NS. The number of rotatable bonds is 8. The van der Waals surface area contributed by atoms with E-state index in [-0.39, 0.29) is 0 Å². The molecule has 0 bridgehead atoms. The molecule has 0 saturated heterocycles. The van der Waals surface area contributed by atoms with E-state index in [4.69, 9.17) is 0 Å². The van der Waals surface area contributed by atoms with Gasteiger partial charge >= 0.3 is 0 Å². The van der Waals surface area contributed by atoms with Crippen LogP contribution < -0.4 is 0 Å². The van der Waals surface area contributed by atoms with E-state index in [1.165, 1.54) is 55.2 Å². The first kappa shape index (κ1) is 22.7. The number of hydrogen-bond acceptors (Lipinski definition) is 2. The van der Waals surface area contributed by atoms with E-state index >= 15 is 0 Å². The first-order valence-corrected chi connectivity index (χ1v) is 11.5. The molecule has 3 aromatic carbocycles. The van der Waals surface area contributed by atoms with Gasteiger partial charge in [0.2, 0.25) is 0 Å². The van der Waals surface area contributed by atoms with Crippen molar-refractivity contribution in [3.05, 3.63) is 89.0 Å². The van der Waals surface area contributed by atoms with Crippen molar-refractivity contribution in [3.63, 3.8) is 0 Å². The Hall–Kier alpha value is -2.98. The molecule has 0 N–H and O–H groups in total. The third kappa shape index (κ3) is 7.04. The zero-order valence-corrected chi connectivity index (χ0v) is 19.3. The number of thiocarbonyl (C=S) groups is 1. The van der Waals surface area contributed by atoms with Crippen LogP contribution in [0.25, 0.3) is 11.1 Å². The van der Waals surface area contributed by atoms with Crippen molar-refractivity contribution in [1.29, 1.82) is 0 Å². The van der Waals surface area contributed by atoms with Crippen LogP contribution in [-0.4, -0.2) is 5.16 Å². The third-order valence-electron chi connectivity index (χ3n) is 5.47. The normalized spacial score (nSPS) is 10.1. The molecule has 1 nitrogen and oxygen atoms in total. The molecule has 2 heteroatoms. The Morgan fingerprint density at radius 2 is 1.45 bits per heavy atom. The number of hydrogen-bond donors (Lipinski definition) is 0. The molecule has 0 radical (unpaired) electrons. The molecule has 0 aliphatic heterocycles. The maximum absolute atomic E-state index is 4.66.